The molecule has 3 rings (SSSR count). The van der Waals surface area contributed by atoms with Crippen LogP contribution < -0.4 is 11.2 Å². The second-order valence-electron chi connectivity index (χ2n) is 6.43. The summed E-state index contributed by atoms with van der Waals surface area (Å²) in [4.78, 5) is 57.7. The molecule has 0 amide bonds. The van der Waals surface area contributed by atoms with E-state index in [0.717, 1.165) is 16.3 Å². The van der Waals surface area contributed by atoms with Crippen molar-refractivity contribution in [3.8, 4) is 11.4 Å². The first kappa shape index (κ1) is 21.4. The van der Waals surface area contributed by atoms with Crippen LogP contribution in [0.1, 0.15) is 13.3 Å². The van der Waals surface area contributed by atoms with E-state index in [1.54, 1.807) is 19.1 Å². The molecule has 0 atom stereocenters. The highest BCUT2D eigenvalue weighted by molar-refractivity contribution is 8.00. The number of hydrogen-bond donors (Lipinski definition) is 0. The molecule has 0 bridgehead atoms. The van der Waals surface area contributed by atoms with Gasteiger partial charge in [0.15, 0.2) is 17.3 Å². The summed E-state index contributed by atoms with van der Waals surface area (Å²) >= 11 is 1.03. The number of thioether (sulfide) groups is 1. The fourth-order valence-corrected chi connectivity index (χ4v) is 3.70. The van der Waals surface area contributed by atoms with E-state index in [2.05, 4.69) is 9.97 Å². The summed E-state index contributed by atoms with van der Waals surface area (Å²) in [6.07, 6.45) is -0.355. The van der Waals surface area contributed by atoms with Crippen LogP contribution in [0.2, 0.25) is 0 Å². The molecule has 1 aromatic carbocycles. The normalized spacial score (nSPS) is 10.9. The number of rotatable bonds is 7. The van der Waals surface area contributed by atoms with Gasteiger partial charge in [-0.15, -0.1) is 0 Å². The van der Waals surface area contributed by atoms with Gasteiger partial charge in [-0.2, -0.15) is 0 Å². The Balaban J connectivity index is 2.09. The molecule has 0 radical (unpaired) electrons. The van der Waals surface area contributed by atoms with E-state index in [9.17, 15) is 19.2 Å². The van der Waals surface area contributed by atoms with Crippen LogP contribution >= 0.6 is 11.8 Å². The molecule has 0 unspecified atom stereocenters. The molecule has 0 aliphatic carbocycles. The van der Waals surface area contributed by atoms with Crippen LogP contribution in [0.15, 0.2) is 44.9 Å². The second kappa shape index (κ2) is 9.04. The highest BCUT2D eigenvalue weighted by Gasteiger charge is 2.19. The van der Waals surface area contributed by atoms with Gasteiger partial charge in [-0.25, -0.2) is 14.8 Å². The third-order valence-corrected chi connectivity index (χ3v) is 5.35. The minimum atomic E-state index is -0.598. The van der Waals surface area contributed by atoms with Gasteiger partial charge in [-0.05, 0) is 6.92 Å². The van der Waals surface area contributed by atoms with Crippen LogP contribution in [0.3, 0.4) is 0 Å². The fourth-order valence-electron chi connectivity index (χ4n) is 2.82. The number of aryl methyl sites for hydroxylation is 1. The summed E-state index contributed by atoms with van der Waals surface area (Å²) in [5, 5.41) is 0.417. The van der Waals surface area contributed by atoms with E-state index in [4.69, 9.17) is 4.74 Å². The number of ketones is 1. The van der Waals surface area contributed by atoms with Gasteiger partial charge in [0.2, 0.25) is 0 Å². The van der Waals surface area contributed by atoms with Crippen molar-refractivity contribution in [3.63, 3.8) is 0 Å². The zero-order chi connectivity index (χ0) is 21.8. The third-order valence-electron chi connectivity index (χ3n) is 4.32. The highest BCUT2D eigenvalue weighted by Crippen LogP contribution is 2.26. The van der Waals surface area contributed by atoms with Crippen LogP contribution in [0.25, 0.3) is 22.4 Å². The number of hydrogen-bond acceptors (Lipinski definition) is 8. The topological polar surface area (TPSA) is 113 Å². The summed E-state index contributed by atoms with van der Waals surface area (Å²) in [5.41, 5.74) is -0.183. The molecule has 0 saturated heterocycles. The number of esters is 1. The lowest BCUT2D eigenvalue weighted by molar-refractivity contribution is -0.145. The molecule has 0 spiro atoms. The molecule has 0 saturated carbocycles. The largest absolute Gasteiger partial charge is 0.466 e. The van der Waals surface area contributed by atoms with Gasteiger partial charge in [-0.1, -0.05) is 42.1 Å². The highest BCUT2D eigenvalue weighted by atomic mass is 32.2. The Kier molecular flexibility index (Phi) is 6.46. The average molecular weight is 428 g/mol. The maximum Gasteiger partial charge on any atom is 0.332 e. The van der Waals surface area contributed by atoms with Crippen molar-refractivity contribution in [1.29, 1.82) is 0 Å². The van der Waals surface area contributed by atoms with E-state index in [1.165, 1.54) is 18.7 Å². The lowest BCUT2D eigenvalue weighted by Gasteiger charge is -2.12. The lowest BCUT2D eigenvalue weighted by atomic mass is 10.2. The van der Waals surface area contributed by atoms with Gasteiger partial charge >= 0.3 is 11.7 Å². The van der Waals surface area contributed by atoms with E-state index < -0.39 is 17.2 Å². The summed E-state index contributed by atoms with van der Waals surface area (Å²) in [6.45, 7) is 1.86. The van der Waals surface area contributed by atoms with Gasteiger partial charge in [0.25, 0.3) is 5.56 Å². The number of fused-ring (bicyclic) bond motifs is 1. The van der Waals surface area contributed by atoms with Crippen LogP contribution in [-0.2, 0) is 28.4 Å². The molecule has 9 nitrogen and oxygen atoms in total. The Bertz CT molecular complexity index is 1230. The monoisotopic (exact) mass is 428 g/mol. The van der Waals surface area contributed by atoms with Crippen LogP contribution in [0.5, 0.6) is 0 Å². The van der Waals surface area contributed by atoms with Gasteiger partial charge in [0.1, 0.15) is 16.8 Å². The second-order valence-corrected chi connectivity index (χ2v) is 7.40. The van der Waals surface area contributed by atoms with Crippen molar-refractivity contribution < 1.29 is 14.3 Å². The molecule has 30 heavy (non-hydrogen) atoms. The van der Waals surface area contributed by atoms with E-state index in [-0.39, 0.29) is 40.6 Å². The molecule has 2 aromatic heterocycles. The quantitative estimate of drug-likeness (QED) is 0.240. The molecule has 0 aliphatic heterocycles. The summed E-state index contributed by atoms with van der Waals surface area (Å²) < 4.78 is 7.03. The Morgan fingerprint density at radius 2 is 1.77 bits per heavy atom. The van der Waals surface area contributed by atoms with Crippen molar-refractivity contribution in [3.05, 3.63) is 51.2 Å². The molecule has 2 heterocycles. The SMILES string of the molecule is CCOC(=O)CC(=O)CSc1nc(-c2ccccc2)nc2c1c(=O)n(C)c(=O)n2C. The molecule has 0 aliphatic rings. The van der Waals surface area contributed by atoms with Gasteiger partial charge in [0, 0.05) is 19.7 Å². The van der Waals surface area contributed by atoms with Crippen molar-refractivity contribution in [2.24, 2.45) is 14.1 Å². The van der Waals surface area contributed by atoms with Crippen molar-refractivity contribution in [2.75, 3.05) is 12.4 Å². The predicted molar refractivity (Wildman–Crippen MR) is 112 cm³/mol. The number of Topliss-reactive ketones (excluding diaryl/α,β-unsaturated/α-hetero) is 1. The van der Waals surface area contributed by atoms with Gasteiger partial charge < -0.3 is 4.74 Å². The number of carbonyl (C=O) groups excluding carboxylic acids is 2. The number of nitrogens with zero attached hydrogens (tertiary/aromatic N) is 4. The van der Waals surface area contributed by atoms with Crippen LogP contribution in [0, 0.1) is 0 Å². The first-order valence-corrected chi connectivity index (χ1v) is 10.1. The molecule has 0 N–H and O–H groups in total. The van der Waals surface area contributed by atoms with E-state index in [0.29, 0.717) is 11.4 Å². The molecular weight excluding hydrogens is 408 g/mol. The number of ether oxygens (including phenoxy) is 1. The smallest absolute Gasteiger partial charge is 0.332 e. The molecular formula is C20H20N4O5S. The van der Waals surface area contributed by atoms with Crippen molar-refractivity contribution in [1.82, 2.24) is 19.1 Å². The Morgan fingerprint density at radius 3 is 2.43 bits per heavy atom. The first-order valence-electron chi connectivity index (χ1n) is 9.16. The molecule has 0 fully saturated rings. The van der Waals surface area contributed by atoms with E-state index in [1.807, 2.05) is 18.2 Å². The minimum Gasteiger partial charge on any atom is -0.466 e. The number of carbonyl (C=O) groups is 2. The van der Waals surface area contributed by atoms with E-state index >= 15 is 0 Å². The van der Waals surface area contributed by atoms with Crippen molar-refractivity contribution in [2.45, 2.75) is 18.4 Å². The number of aromatic nitrogens is 4. The fraction of sp³-hybridized carbons (Fsp3) is 0.300. The predicted octanol–water partition coefficient (Wildman–Crippen LogP) is 1.31. The lowest BCUT2D eigenvalue weighted by Crippen LogP contribution is -2.37. The van der Waals surface area contributed by atoms with Gasteiger partial charge in [-0.3, -0.25) is 23.5 Å². The Hall–Kier alpha value is -3.27. The summed E-state index contributed by atoms with van der Waals surface area (Å²) in [6, 6.07) is 9.10. The molecule has 10 heteroatoms. The maximum atomic E-state index is 12.8. The van der Waals surface area contributed by atoms with Crippen LogP contribution in [-0.4, -0.2) is 43.2 Å². The Labute approximate surface area is 175 Å². The number of benzene rings is 1. The van der Waals surface area contributed by atoms with Gasteiger partial charge in [0.05, 0.1) is 12.4 Å². The zero-order valence-corrected chi connectivity index (χ0v) is 17.6. The summed E-state index contributed by atoms with van der Waals surface area (Å²) in [7, 11) is 2.89. The standard InChI is InChI=1S/C20H20N4O5S/c1-4-29-14(26)10-13(25)11-30-18-15-17(23(2)20(28)24(3)19(15)27)21-16(22-18)12-8-6-5-7-9-12/h5-9H,4,10-11H2,1-3H3. The van der Waals surface area contributed by atoms with Crippen molar-refractivity contribution >= 4 is 34.5 Å². The summed E-state index contributed by atoms with van der Waals surface area (Å²) in [5.74, 6) is -0.704. The maximum absolute atomic E-state index is 12.8. The molecule has 3 aromatic rings. The third kappa shape index (κ3) is 4.33. The Morgan fingerprint density at radius 1 is 1.07 bits per heavy atom. The average Bonchev–Trinajstić information content (AvgIpc) is 2.74. The van der Waals surface area contributed by atoms with Crippen LogP contribution in [0.4, 0.5) is 0 Å². The minimum absolute atomic E-state index is 0.0782. The molecule has 156 valence electrons. The first-order chi connectivity index (χ1) is 14.3. The zero-order valence-electron chi connectivity index (χ0n) is 16.7.